The molecule has 1 fully saturated rings. The number of carboxylic acid groups (broad SMARTS) is 2. The fourth-order valence-corrected chi connectivity index (χ4v) is 2.55. The molecule has 1 aliphatic heterocycles. The second-order valence-corrected chi connectivity index (χ2v) is 5.26. The Bertz CT molecular complexity index is 548. The fourth-order valence-electron chi connectivity index (χ4n) is 2.55. The van der Waals surface area contributed by atoms with Crippen molar-refractivity contribution < 1.29 is 24.5 Å². The lowest BCUT2D eigenvalue weighted by Crippen LogP contribution is -2.56. The van der Waals surface area contributed by atoms with Gasteiger partial charge >= 0.3 is 12.2 Å². The van der Waals surface area contributed by atoms with Gasteiger partial charge in [0.25, 0.3) is 0 Å². The van der Waals surface area contributed by atoms with Crippen LogP contribution in [0.3, 0.4) is 0 Å². The number of amides is 2. The molecule has 0 bridgehead atoms. The van der Waals surface area contributed by atoms with E-state index in [9.17, 15) is 14.7 Å². The zero-order valence-electron chi connectivity index (χ0n) is 12.4. The lowest BCUT2D eigenvalue weighted by atomic mass is 10.1. The van der Waals surface area contributed by atoms with E-state index in [1.807, 2.05) is 31.2 Å². The molecule has 0 unspecified atom stereocenters. The molecule has 22 heavy (non-hydrogen) atoms. The van der Waals surface area contributed by atoms with E-state index in [0.29, 0.717) is 13.0 Å². The molecule has 0 aromatic heterocycles. The molecular formula is C15H20N2O5. The van der Waals surface area contributed by atoms with Crippen LogP contribution in [0.1, 0.15) is 12.0 Å². The van der Waals surface area contributed by atoms with Crippen LogP contribution < -0.4 is 4.74 Å². The summed E-state index contributed by atoms with van der Waals surface area (Å²) in [7, 11) is 0. The zero-order chi connectivity index (χ0) is 16.1. The van der Waals surface area contributed by atoms with Crippen LogP contribution in [0.25, 0.3) is 0 Å². The van der Waals surface area contributed by atoms with E-state index in [1.54, 1.807) is 0 Å². The van der Waals surface area contributed by atoms with Gasteiger partial charge in [-0.15, -0.1) is 0 Å². The molecule has 7 nitrogen and oxygen atoms in total. The minimum absolute atomic E-state index is 0.179. The molecule has 0 spiro atoms. The Hall–Kier alpha value is -2.44. The van der Waals surface area contributed by atoms with Gasteiger partial charge in [-0.25, -0.2) is 9.59 Å². The summed E-state index contributed by atoms with van der Waals surface area (Å²) in [6, 6.07) is 7.20. The number of hydrogen-bond acceptors (Lipinski definition) is 3. The number of benzene rings is 1. The maximum Gasteiger partial charge on any atom is 0.407 e. The van der Waals surface area contributed by atoms with Gasteiger partial charge in [0.15, 0.2) is 0 Å². The van der Waals surface area contributed by atoms with Crippen molar-refractivity contribution in [2.24, 2.45) is 0 Å². The summed E-state index contributed by atoms with van der Waals surface area (Å²) in [5.74, 6) is 0.760. The molecule has 7 heteroatoms. The number of piperazine rings is 1. The highest BCUT2D eigenvalue weighted by molar-refractivity contribution is 5.68. The van der Waals surface area contributed by atoms with Crippen molar-refractivity contribution in [2.45, 2.75) is 19.4 Å². The quantitative estimate of drug-likeness (QED) is 0.889. The summed E-state index contributed by atoms with van der Waals surface area (Å²) in [4.78, 5) is 24.8. The number of ether oxygens (including phenoxy) is 1. The van der Waals surface area contributed by atoms with Gasteiger partial charge < -0.3 is 24.7 Å². The summed E-state index contributed by atoms with van der Waals surface area (Å²) < 4.78 is 5.68. The lowest BCUT2D eigenvalue weighted by molar-refractivity contribution is 0.0562. The van der Waals surface area contributed by atoms with Crippen LogP contribution in [0.4, 0.5) is 9.59 Å². The molecule has 1 aromatic rings. The normalized spacial score (nSPS) is 18.1. The van der Waals surface area contributed by atoms with E-state index in [2.05, 4.69) is 0 Å². The van der Waals surface area contributed by atoms with Crippen molar-refractivity contribution in [3.05, 3.63) is 29.8 Å². The lowest BCUT2D eigenvalue weighted by Gasteiger charge is -2.38. The average molecular weight is 308 g/mol. The Kier molecular flexibility index (Phi) is 5.08. The largest absolute Gasteiger partial charge is 0.493 e. The van der Waals surface area contributed by atoms with Crippen molar-refractivity contribution in [1.82, 2.24) is 9.80 Å². The third kappa shape index (κ3) is 3.81. The Morgan fingerprint density at radius 2 is 1.95 bits per heavy atom. The van der Waals surface area contributed by atoms with E-state index < -0.39 is 12.2 Å². The Morgan fingerprint density at radius 1 is 1.23 bits per heavy atom. The minimum Gasteiger partial charge on any atom is -0.493 e. The first-order valence-corrected chi connectivity index (χ1v) is 7.15. The highest BCUT2D eigenvalue weighted by Crippen LogP contribution is 2.18. The van der Waals surface area contributed by atoms with Gasteiger partial charge in [-0.1, -0.05) is 18.2 Å². The number of hydrogen-bond donors (Lipinski definition) is 2. The van der Waals surface area contributed by atoms with Crippen LogP contribution >= 0.6 is 0 Å². The predicted octanol–water partition coefficient (Wildman–Crippen LogP) is 2.11. The smallest absolute Gasteiger partial charge is 0.407 e. The first-order chi connectivity index (χ1) is 10.5. The van der Waals surface area contributed by atoms with E-state index >= 15 is 0 Å². The standard InChI is InChI=1S/C15H20N2O5/c1-11-4-2-3-5-13(11)22-9-6-12-10-16(14(18)19)7-8-17(12)15(20)21/h2-5,12H,6-10H2,1H3,(H,18,19)(H,20,21)/t12-/m1/s1. The van der Waals surface area contributed by atoms with Crippen LogP contribution in [0.15, 0.2) is 24.3 Å². The summed E-state index contributed by atoms with van der Waals surface area (Å²) in [6.07, 6.45) is -1.59. The van der Waals surface area contributed by atoms with Gasteiger partial charge in [-0.05, 0) is 18.6 Å². The number of carbonyl (C=O) groups is 2. The van der Waals surface area contributed by atoms with Gasteiger partial charge in [-0.3, -0.25) is 0 Å². The third-order valence-corrected chi connectivity index (χ3v) is 3.80. The van der Waals surface area contributed by atoms with Gasteiger partial charge in [-0.2, -0.15) is 0 Å². The van der Waals surface area contributed by atoms with Crippen molar-refractivity contribution in [2.75, 3.05) is 26.2 Å². The monoisotopic (exact) mass is 308 g/mol. The molecule has 2 N–H and O–H groups in total. The van der Waals surface area contributed by atoms with Crippen LogP contribution in [0.5, 0.6) is 5.75 Å². The molecule has 0 saturated carbocycles. The summed E-state index contributed by atoms with van der Waals surface area (Å²) in [5.41, 5.74) is 1.01. The van der Waals surface area contributed by atoms with E-state index in [-0.39, 0.29) is 25.7 Å². The molecule has 2 rings (SSSR count). The number of nitrogens with zero attached hydrogens (tertiary/aromatic N) is 2. The first kappa shape index (κ1) is 15.9. The van der Waals surface area contributed by atoms with Crippen molar-refractivity contribution in [3.8, 4) is 5.75 Å². The molecule has 1 aromatic carbocycles. The van der Waals surface area contributed by atoms with Gasteiger partial charge in [0.05, 0.1) is 12.6 Å². The average Bonchev–Trinajstić information content (AvgIpc) is 2.48. The predicted molar refractivity (Wildman–Crippen MR) is 79.4 cm³/mol. The summed E-state index contributed by atoms with van der Waals surface area (Å²) >= 11 is 0. The highest BCUT2D eigenvalue weighted by atomic mass is 16.5. The molecule has 2 amide bonds. The van der Waals surface area contributed by atoms with E-state index in [0.717, 1.165) is 11.3 Å². The maximum absolute atomic E-state index is 11.2. The molecule has 1 aliphatic rings. The Morgan fingerprint density at radius 3 is 2.59 bits per heavy atom. The summed E-state index contributed by atoms with van der Waals surface area (Å²) in [5, 5.41) is 18.3. The van der Waals surface area contributed by atoms with Crippen LogP contribution in [-0.4, -0.2) is 64.5 Å². The molecule has 0 aliphatic carbocycles. The SMILES string of the molecule is Cc1ccccc1OCC[C@@H]1CN(C(=O)O)CCN1C(=O)O. The molecule has 120 valence electrons. The third-order valence-electron chi connectivity index (χ3n) is 3.80. The molecule has 0 radical (unpaired) electrons. The Balaban J connectivity index is 1.93. The molecular weight excluding hydrogens is 288 g/mol. The fraction of sp³-hybridized carbons (Fsp3) is 0.467. The molecule has 1 heterocycles. The van der Waals surface area contributed by atoms with Gasteiger partial charge in [0, 0.05) is 26.1 Å². The van der Waals surface area contributed by atoms with Gasteiger partial charge in [0.2, 0.25) is 0 Å². The van der Waals surface area contributed by atoms with Crippen molar-refractivity contribution >= 4 is 12.2 Å². The number of rotatable bonds is 4. The Labute approximate surface area is 128 Å². The number of aryl methyl sites for hydroxylation is 1. The van der Waals surface area contributed by atoms with Crippen LogP contribution in [-0.2, 0) is 0 Å². The van der Waals surface area contributed by atoms with Crippen molar-refractivity contribution in [1.29, 1.82) is 0 Å². The first-order valence-electron chi connectivity index (χ1n) is 7.15. The molecule has 1 saturated heterocycles. The number of para-hydroxylation sites is 1. The second kappa shape index (κ2) is 7.02. The minimum atomic E-state index is -1.02. The second-order valence-electron chi connectivity index (χ2n) is 5.26. The van der Waals surface area contributed by atoms with Crippen LogP contribution in [0.2, 0.25) is 0 Å². The van der Waals surface area contributed by atoms with E-state index in [1.165, 1.54) is 9.80 Å². The molecule has 1 atom stereocenters. The maximum atomic E-state index is 11.2. The zero-order valence-corrected chi connectivity index (χ0v) is 12.4. The topological polar surface area (TPSA) is 90.3 Å². The van der Waals surface area contributed by atoms with Crippen LogP contribution in [0, 0.1) is 6.92 Å². The summed E-state index contributed by atoms with van der Waals surface area (Å²) in [6.45, 7) is 2.85. The van der Waals surface area contributed by atoms with E-state index in [4.69, 9.17) is 9.84 Å². The van der Waals surface area contributed by atoms with Gasteiger partial charge in [0.1, 0.15) is 5.75 Å². The highest BCUT2D eigenvalue weighted by Gasteiger charge is 2.32. The van der Waals surface area contributed by atoms with Crippen molar-refractivity contribution in [3.63, 3.8) is 0 Å².